The Kier molecular flexibility index (Phi) is 5.63. The van der Waals surface area contributed by atoms with Crippen LogP contribution in [0.2, 0.25) is 0 Å². The predicted octanol–water partition coefficient (Wildman–Crippen LogP) is 4.47. The van der Waals surface area contributed by atoms with Crippen molar-refractivity contribution in [2.75, 3.05) is 0 Å². The highest BCUT2D eigenvalue weighted by molar-refractivity contribution is 7.17. The molecule has 8 nitrogen and oxygen atoms in total. The Labute approximate surface area is 176 Å². The van der Waals surface area contributed by atoms with Gasteiger partial charge in [-0.05, 0) is 38.2 Å². The summed E-state index contributed by atoms with van der Waals surface area (Å²) in [7, 11) is 0. The van der Waals surface area contributed by atoms with Crippen molar-refractivity contribution in [2.45, 2.75) is 51.2 Å². The summed E-state index contributed by atoms with van der Waals surface area (Å²) in [6, 6.07) is 5.31. The van der Waals surface area contributed by atoms with Gasteiger partial charge in [0.1, 0.15) is 17.0 Å². The van der Waals surface area contributed by atoms with Gasteiger partial charge in [0.05, 0.1) is 16.6 Å². The molecule has 0 amide bonds. The fraction of sp³-hybridized carbons (Fsp3) is 0.381. The normalized spacial score (nSPS) is 15.8. The second-order valence-electron chi connectivity index (χ2n) is 7.47. The zero-order valence-corrected chi connectivity index (χ0v) is 17.3. The topological polar surface area (TPSA) is 104 Å². The highest BCUT2D eigenvalue weighted by atomic mass is 32.1. The number of thiophene rings is 1. The third-order valence-electron chi connectivity index (χ3n) is 5.48. The van der Waals surface area contributed by atoms with Crippen molar-refractivity contribution < 1.29 is 14.5 Å². The second kappa shape index (κ2) is 8.35. The van der Waals surface area contributed by atoms with Crippen molar-refractivity contribution >= 4 is 33.2 Å². The summed E-state index contributed by atoms with van der Waals surface area (Å²) < 4.78 is 6.89. The highest BCUT2D eigenvalue weighted by Crippen LogP contribution is 2.32. The molecule has 4 rings (SSSR count). The molecule has 1 fully saturated rings. The van der Waals surface area contributed by atoms with E-state index >= 15 is 0 Å². The van der Waals surface area contributed by atoms with Crippen LogP contribution in [0.1, 0.15) is 45.1 Å². The smallest absolute Gasteiger partial charge is 0.329 e. The molecular weight excluding hydrogens is 406 g/mol. The minimum absolute atomic E-state index is 0.0551. The van der Waals surface area contributed by atoms with Gasteiger partial charge in [-0.3, -0.25) is 19.5 Å². The first-order chi connectivity index (χ1) is 14.5. The minimum atomic E-state index is -0.811. The average Bonchev–Trinajstić information content (AvgIpc) is 3.19. The van der Waals surface area contributed by atoms with Crippen LogP contribution in [-0.2, 0) is 9.53 Å². The van der Waals surface area contributed by atoms with Crippen LogP contribution in [0.15, 0.2) is 40.8 Å². The quantitative estimate of drug-likeness (QED) is 0.338. The largest absolute Gasteiger partial charge is 0.461 e. The molecule has 156 valence electrons. The number of hydrogen-bond donors (Lipinski definition) is 0. The summed E-state index contributed by atoms with van der Waals surface area (Å²) in [6.07, 6.45) is 6.22. The molecule has 0 radical (unpaired) electrons. The van der Waals surface area contributed by atoms with Crippen molar-refractivity contribution in [2.24, 2.45) is 0 Å². The van der Waals surface area contributed by atoms with E-state index in [-0.39, 0.29) is 17.4 Å². The first-order valence-electron chi connectivity index (χ1n) is 9.89. The number of non-ortho nitro benzene ring substituents is 1. The molecule has 3 aromatic rings. The SMILES string of the molecule is CC(C(=O)OC1CCCCC1)n1cnc2scc(-c3cccc([N+](=O)[O-])c3)c2c1=O. The zero-order valence-electron chi connectivity index (χ0n) is 16.4. The monoisotopic (exact) mass is 427 g/mol. The van der Waals surface area contributed by atoms with Crippen LogP contribution in [0.25, 0.3) is 21.3 Å². The van der Waals surface area contributed by atoms with E-state index in [0.29, 0.717) is 21.3 Å². The number of nitro groups is 1. The van der Waals surface area contributed by atoms with E-state index in [1.165, 1.54) is 34.4 Å². The Morgan fingerprint density at radius 1 is 1.33 bits per heavy atom. The Morgan fingerprint density at radius 2 is 2.10 bits per heavy atom. The number of fused-ring (bicyclic) bond motifs is 1. The number of hydrogen-bond acceptors (Lipinski definition) is 7. The van der Waals surface area contributed by atoms with Gasteiger partial charge >= 0.3 is 5.97 Å². The predicted molar refractivity (Wildman–Crippen MR) is 114 cm³/mol. The van der Waals surface area contributed by atoms with Crippen LogP contribution >= 0.6 is 11.3 Å². The Bertz CT molecular complexity index is 1160. The maximum atomic E-state index is 13.2. The molecule has 1 atom stereocenters. The number of nitrogens with zero attached hydrogens (tertiary/aromatic N) is 3. The molecule has 1 aromatic carbocycles. The fourth-order valence-electron chi connectivity index (χ4n) is 3.78. The first kappa shape index (κ1) is 20.2. The molecule has 0 saturated heterocycles. The molecule has 2 aromatic heterocycles. The molecule has 2 heterocycles. The number of ether oxygens (including phenoxy) is 1. The Morgan fingerprint density at radius 3 is 2.83 bits per heavy atom. The lowest BCUT2D eigenvalue weighted by atomic mass is 9.98. The van der Waals surface area contributed by atoms with E-state index < -0.39 is 16.9 Å². The van der Waals surface area contributed by atoms with E-state index in [2.05, 4.69) is 4.98 Å². The third-order valence-corrected chi connectivity index (χ3v) is 6.37. The van der Waals surface area contributed by atoms with Gasteiger partial charge in [0, 0.05) is 23.1 Å². The maximum absolute atomic E-state index is 13.2. The van der Waals surface area contributed by atoms with Crippen molar-refractivity contribution in [1.82, 2.24) is 9.55 Å². The summed E-state index contributed by atoms with van der Waals surface area (Å²) in [5, 5.41) is 13.2. The van der Waals surface area contributed by atoms with Crippen molar-refractivity contribution in [1.29, 1.82) is 0 Å². The van der Waals surface area contributed by atoms with Gasteiger partial charge in [0.2, 0.25) is 0 Å². The number of aromatic nitrogens is 2. The molecule has 30 heavy (non-hydrogen) atoms. The van der Waals surface area contributed by atoms with Crippen LogP contribution in [-0.4, -0.2) is 26.5 Å². The van der Waals surface area contributed by atoms with Gasteiger partial charge in [-0.25, -0.2) is 9.78 Å². The zero-order chi connectivity index (χ0) is 21.3. The summed E-state index contributed by atoms with van der Waals surface area (Å²) >= 11 is 1.28. The van der Waals surface area contributed by atoms with Gasteiger partial charge in [0.15, 0.2) is 0 Å². The van der Waals surface area contributed by atoms with E-state index in [1.807, 2.05) is 0 Å². The number of nitro benzene ring substituents is 1. The Hall–Kier alpha value is -3.07. The summed E-state index contributed by atoms with van der Waals surface area (Å²) in [4.78, 5) is 41.4. The van der Waals surface area contributed by atoms with Gasteiger partial charge in [-0.15, -0.1) is 11.3 Å². The highest BCUT2D eigenvalue weighted by Gasteiger charge is 2.25. The lowest BCUT2D eigenvalue weighted by Crippen LogP contribution is -2.32. The van der Waals surface area contributed by atoms with Crippen LogP contribution in [0.3, 0.4) is 0 Å². The molecule has 0 spiro atoms. The minimum Gasteiger partial charge on any atom is -0.461 e. The van der Waals surface area contributed by atoms with E-state index in [4.69, 9.17) is 4.74 Å². The number of carbonyl (C=O) groups excluding carboxylic acids is 1. The summed E-state index contributed by atoms with van der Waals surface area (Å²) in [5.74, 6) is -0.447. The Balaban J connectivity index is 1.69. The second-order valence-corrected chi connectivity index (χ2v) is 8.32. The average molecular weight is 427 g/mol. The molecule has 0 aliphatic heterocycles. The van der Waals surface area contributed by atoms with Crippen LogP contribution in [0.5, 0.6) is 0 Å². The number of esters is 1. The van der Waals surface area contributed by atoms with Gasteiger partial charge in [-0.2, -0.15) is 0 Å². The summed E-state index contributed by atoms with van der Waals surface area (Å²) in [6.45, 7) is 1.62. The standard InChI is InChI=1S/C21H21N3O5S/c1-13(21(26)29-16-8-3-2-4-9-16)23-12-22-19-18(20(23)25)17(11-30-19)14-6-5-7-15(10-14)24(27)28/h5-7,10-13,16H,2-4,8-9H2,1H3. The molecule has 1 aliphatic rings. The van der Waals surface area contributed by atoms with E-state index in [9.17, 15) is 19.7 Å². The third kappa shape index (κ3) is 3.85. The number of carbonyl (C=O) groups is 1. The van der Waals surface area contributed by atoms with E-state index in [1.54, 1.807) is 24.4 Å². The van der Waals surface area contributed by atoms with Crippen molar-refractivity contribution in [3.05, 3.63) is 56.4 Å². The summed E-state index contributed by atoms with van der Waals surface area (Å²) in [5.41, 5.74) is 0.708. The molecule has 1 saturated carbocycles. The lowest BCUT2D eigenvalue weighted by Gasteiger charge is -2.24. The van der Waals surface area contributed by atoms with Crippen molar-refractivity contribution in [3.63, 3.8) is 0 Å². The maximum Gasteiger partial charge on any atom is 0.329 e. The molecular formula is C21H21N3O5S. The van der Waals surface area contributed by atoms with E-state index in [0.717, 1.165) is 32.1 Å². The molecule has 9 heteroatoms. The number of rotatable bonds is 5. The van der Waals surface area contributed by atoms with Crippen LogP contribution in [0, 0.1) is 10.1 Å². The molecule has 0 bridgehead atoms. The van der Waals surface area contributed by atoms with Gasteiger partial charge in [-0.1, -0.05) is 18.6 Å². The lowest BCUT2D eigenvalue weighted by molar-refractivity contribution is -0.384. The van der Waals surface area contributed by atoms with Gasteiger partial charge < -0.3 is 4.74 Å². The van der Waals surface area contributed by atoms with Crippen molar-refractivity contribution in [3.8, 4) is 11.1 Å². The fourth-order valence-corrected chi connectivity index (χ4v) is 4.69. The van der Waals surface area contributed by atoms with Crippen LogP contribution < -0.4 is 5.56 Å². The number of benzene rings is 1. The van der Waals surface area contributed by atoms with Gasteiger partial charge in [0.25, 0.3) is 11.2 Å². The molecule has 1 unspecified atom stereocenters. The van der Waals surface area contributed by atoms with Crippen LogP contribution in [0.4, 0.5) is 5.69 Å². The molecule has 0 N–H and O–H groups in total. The first-order valence-corrected chi connectivity index (χ1v) is 10.8. The molecule has 1 aliphatic carbocycles.